The minimum Gasteiger partial charge on any atom is -0.496 e. The first kappa shape index (κ1) is 13.4. The van der Waals surface area contributed by atoms with Gasteiger partial charge in [-0.1, -0.05) is 15.9 Å². The summed E-state index contributed by atoms with van der Waals surface area (Å²) in [4.78, 5) is 2.58. The third kappa shape index (κ3) is 2.67. The van der Waals surface area contributed by atoms with Gasteiger partial charge in [0.15, 0.2) is 0 Å². The van der Waals surface area contributed by atoms with Gasteiger partial charge in [0.2, 0.25) is 0 Å². The number of fused-ring (bicyclic) bond motifs is 1. The normalized spacial score (nSPS) is 24.0. The Hall–Kier alpha value is -0.580. The second-order valence-corrected chi connectivity index (χ2v) is 6.11. The number of halogens is 1. The Morgan fingerprint density at radius 3 is 2.74 bits per heavy atom. The fraction of sp³-hybridized carbons (Fsp3) is 0.600. The molecular formula is C15H20BrNO2. The van der Waals surface area contributed by atoms with Gasteiger partial charge in [0.1, 0.15) is 5.75 Å². The lowest BCUT2D eigenvalue weighted by Gasteiger charge is -2.25. The van der Waals surface area contributed by atoms with Crippen LogP contribution >= 0.6 is 15.9 Å². The lowest BCUT2D eigenvalue weighted by atomic mass is 10.0. The molecule has 1 fully saturated rings. The van der Waals surface area contributed by atoms with E-state index in [1.165, 1.54) is 22.0 Å². The molecule has 0 aliphatic carbocycles. The molecule has 0 spiro atoms. The molecule has 0 N–H and O–H groups in total. The van der Waals surface area contributed by atoms with Crippen LogP contribution in [0.3, 0.4) is 0 Å². The van der Waals surface area contributed by atoms with E-state index in [2.05, 4.69) is 33.0 Å². The van der Waals surface area contributed by atoms with Crippen LogP contribution < -0.4 is 4.74 Å². The fourth-order valence-corrected chi connectivity index (χ4v) is 3.75. The highest BCUT2D eigenvalue weighted by molar-refractivity contribution is 9.10. The molecule has 0 radical (unpaired) electrons. The molecule has 19 heavy (non-hydrogen) atoms. The number of rotatable bonds is 2. The van der Waals surface area contributed by atoms with Crippen molar-refractivity contribution in [3.05, 3.63) is 27.7 Å². The van der Waals surface area contributed by atoms with Crippen molar-refractivity contribution in [2.45, 2.75) is 25.3 Å². The molecule has 2 heterocycles. The Morgan fingerprint density at radius 1 is 1.26 bits per heavy atom. The highest BCUT2D eigenvalue weighted by Crippen LogP contribution is 2.32. The van der Waals surface area contributed by atoms with E-state index < -0.39 is 0 Å². The summed E-state index contributed by atoms with van der Waals surface area (Å²) < 4.78 is 12.3. The first-order chi connectivity index (χ1) is 9.29. The molecule has 1 atom stereocenters. The third-order valence-electron chi connectivity index (χ3n) is 4.27. The molecule has 4 heteroatoms. The number of hydrogen-bond acceptors (Lipinski definition) is 3. The van der Waals surface area contributed by atoms with Gasteiger partial charge in [-0.25, -0.2) is 0 Å². The van der Waals surface area contributed by atoms with Gasteiger partial charge in [0.05, 0.1) is 13.7 Å². The maximum absolute atomic E-state index is 5.52. The molecule has 1 saturated heterocycles. The number of hydrogen-bond donors (Lipinski definition) is 0. The van der Waals surface area contributed by atoms with Crippen molar-refractivity contribution in [3.8, 4) is 5.75 Å². The van der Waals surface area contributed by atoms with E-state index in [4.69, 9.17) is 9.47 Å². The molecular weight excluding hydrogens is 306 g/mol. The molecule has 0 aromatic heterocycles. The summed E-state index contributed by atoms with van der Waals surface area (Å²) in [6.45, 7) is 4.04. The molecule has 104 valence electrons. The highest BCUT2D eigenvalue weighted by atomic mass is 79.9. The molecule has 1 aromatic rings. The van der Waals surface area contributed by atoms with Crippen molar-refractivity contribution in [1.29, 1.82) is 0 Å². The first-order valence-corrected chi connectivity index (χ1v) is 7.75. The van der Waals surface area contributed by atoms with Crippen molar-refractivity contribution in [3.63, 3.8) is 0 Å². The quantitative estimate of drug-likeness (QED) is 0.834. The maximum atomic E-state index is 5.52. The topological polar surface area (TPSA) is 21.7 Å². The summed E-state index contributed by atoms with van der Waals surface area (Å²) >= 11 is 3.68. The summed E-state index contributed by atoms with van der Waals surface area (Å²) in [5.74, 6) is 1.03. The Labute approximate surface area is 123 Å². The molecule has 3 rings (SSSR count). The van der Waals surface area contributed by atoms with Gasteiger partial charge in [-0.15, -0.1) is 0 Å². The van der Waals surface area contributed by atoms with Crippen molar-refractivity contribution >= 4 is 15.9 Å². The largest absolute Gasteiger partial charge is 0.496 e. The van der Waals surface area contributed by atoms with Crippen LogP contribution in [-0.2, 0) is 17.6 Å². The Morgan fingerprint density at radius 2 is 2.05 bits per heavy atom. The third-order valence-corrected chi connectivity index (χ3v) is 5.01. The van der Waals surface area contributed by atoms with Crippen LogP contribution in [0, 0.1) is 0 Å². The van der Waals surface area contributed by atoms with Crippen LogP contribution in [0.4, 0.5) is 0 Å². The smallest absolute Gasteiger partial charge is 0.122 e. The second kappa shape index (κ2) is 5.81. The monoisotopic (exact) mass is 325 g/mol. The maximum Gasteiger partial charge on any atom is 0.122 e. The molecule has 0 amide bonds. The van der Waals surface area contributed by atoms with Crippen molar-refractivity contribution < 1.29 is 9.47 Å². The summed E-state index contributed by atoms with van der Waals surface area (Å²) in [6, 6.07) is 4.78. The standard InChI is InChI=1S/C15H20BrNO2/c1-18-15-3-2-14(16)12-4-7-17(8-5-13(12)15)11-6-9-19-10-11/h2-3,11H,4-10H2,1H3. The van der Waals surface area contributed by atoms with Gasteiger partial charge in [0.25, 0.3) is 0 Å². The van der Waals surface area contributed by atoms with E-state index in [9.17, 15) is 0 Å². The number of methoxy groups -OCH3 is 1. The number of nitrogens with zero attached hydrogens (tertiary/aromatic N) is 1. The zero-order valence-electron chi connectivity index (χ0n) is 11.3. The van der Waals surface area contributed by atoms with Gasteiger partial charge >= 0.3 is 0 Å². The molecule has 0 bridgehead atoms. The van der Waals surface area contributed by atoms with E-state index in [-0.39, 0.29) is 0 Å². The summed E-state index contributed by atoms with van der Waals surface area (Å²) in [5, 5.41) is 0. The molecule has 2 aliphatic heterocycles. The molecule has 3 nitrogen and oxygen atoms in total. The van der Waals surface area contributed by atoms with E-state index in [0.29, 0.717) is 6.04 Å². The summed E-state index contributed by atoms with van der Waals surface area (Å²) in [7, 11) is 1.76. The lowest BCUT2D eigenvalue weighted by molar-refractivity contribution is 0.147. The van der Waals surface area contributed by atoms with Gasteiger partial charge < -0.3 is 9.47 Å². The Kier molecular flexibility index (Phi) is 4.10. The van der Waals surface area contributed by atoms with Gasteiger partial charge in [-0.3, -0.25) is 4.90 Å². The predicted molar refractivity (Wildman–Crippen MR) is 78.9 cm³/mol. The number of benzene rings is 1. The van der Waals surface area contributed by atoms with E-state index in [1.54, 1.807) is 7.11 Å². The average Bonchev–Trinajstić information content (AvgIpc) is 2.86. The Bertz CT molecular complexity index is 458. The molecule has 1 unspecified atom stereocenters. The molecule has 2 aliphatic rings. The van der Waals surface area contributed by atoms with E-state index in [1.807, 2.05) is 0 Å². The molecule has 1 aromatic carbocycles. The zero-order chi connectivity index (χ0) is 13.2. The van der Waals surface area contributed by atoms with E-state index >= 15 is 0 Å². The minimum absolute atomic E-state index is 0.610. The minimum atomic E-state index is 0.610. The zero-order valence-corrected chi connectivity index (χ0v) is 12.9. The van der Waals surface area contributed by atoms with Crippen LogP contribution in [0.15, 0.2) is 16.6 Å². The SMILES string of the molecule is COc1ccc(Br)c2c1CCN(C1CCOC1)CC2. The lowest BCUT2D eigenvalue weighted by Crippen LogP contribution is -2.37. The molecule has 0 saturated carbocycles. The first-order valence-electron chi connectivity index (χ1n) is 6.95. The summed E-state index contributed by atoms with van der Waals surface area (Å²) in [6.07, 6.45) is 3.33. The highest BCUT2D eigenvalue weighted by Gasteiger charge is 2.26. The van der Waals surface area contributed by atoms with Gasteiger partial charge in [0, 0.05) is 30.2 Å². The van der Waals surface area contributed by atoms with Gasteiger partial charge in [-0.05, 0) is 42.5 Å². The second-order valence-electron chi connectivity index (χ2n) is 5.26. The van der Waals surface area contributed by atoms with Crippen LogP contribution in [0.25, 0.3) is 0 Å². The van der Waals surface area contributed by atoms with Crippen LogP contribution in [0.5, 0.6) is 5.75 Å². The van der Waals surface area contributed by atoms with Gasteiger partial charge in [-0.2, -0.15) is 0 Å². The number of ether oxygens (including phenoxy) is 2. The fourth-order valence-electron chi connectivity index (χ4n) is 3.18. The van der Waals surface area contributed by atoms with E-state index in [0.717, 1.165) is 44.9 Å². The predicted octanol–water partition coefficient (Wildman–Crippen LogP) is 2.65. The van der Waals surface area contributed by atoms with Crippen molar-refractivity contribution in [1.82, 2.24) is 4.90 Å². The van der Waals surface area contributed by atoms with Crippen LogP contribution in [-0.4, -0.2) is 44.4 Å². The Balaban J connectivity index is 1.83. The van der Waals surface area contributed by atoms with Crippen LogP contribution in [0.1, 0.15) is 17.5 Å². The summed E-state index contributed by atoms with van der Waals surface area (Å²) in [5.41, 5.74) is 2.79. The average molecular weight is 326 g/mol. The van der Waals surface area contributed by atoms with Crippen molar-refractivity contribution in [2.75, 3.05) is 33.4 Å². The van der Waals surface area contributed by atoms with Crippen LogP contribution in [0.2, 0.25) is 0 Å². The van der Waals surface area contributed by atoms with Crippen molar-refractivity contribution in [2.24, 2.45) is 0 Å².